The van der Waals surface area contributed by atoms with Crippen molar-refractivity contribution < 1.29 is 0 Å². The second kappa shape index (κ2) is 10.9. The predicted molar refractivity (Wildman–Crippen MR) is 120 cm³/mol. The van der Waals surface area contributed by atoms with E-state index >= 15 is 0 Å². The summed E-state index contributed by atoms with van der Waals surface area (Å²) in [6, 6.07) is 6.83. The Morgan fingerprint density at radius 3 is 2.65 bits per heavy atom. The lowest BCUT2D eigenvalue weighted by Gasteiger charge is -2.37. The number of piperazine rings is 1. The van der Waals surface area contributed by atoms with Crippen molar-refractivity contribution >= 4 is 35.8 Å². The third-order valence-electron chi connectivity index (χ3n) is 5.39. The van der Waals surface area contributed by atoms with Crippen LogP contribution in [-0.2, 0) is 0 Å². The molecule has 146 valence electrons. The summed E-state index contributed by atoms with van der Waals surface area (Å²) in [5.74, 6) is 2.11. The molecule has 1 aromatic rings. The molecular weight excluding hydrogens is 439 g/mol. The number of nitrogens with one attached hydrogen (secondary N) is 1. The van der Waals surface area contributed by atoms with E-state index in [1.807, 2.05) is 19.3 Å². The van der Waals surface area contributed by atoms with E-state index in [1.165, 1.54) is 25.8 Å². The molecule has 3 rings (SSSR count). The van der Waals surface area contributed by atoms with E-state index in [9.17, 15) is 0 Å². The van der Waals surface area contributed by atoms with E-state index in [0.717, 1.165) is 57.1 Å². The first-order valence-corrected chi connectivity index (χ1v) is 9.63. The minimum absolute atomic E-state index is 0. The molecule has 0 saturated carbocycles. The Bertz CT molecular complexity index is 544. The van der Waals surface area contributed by atoms with Crippen molar-refractivity contribution in [2.75, 3.05) is 57.8 Å². The zero-order valence-corrected chi connectivity index (χ0v) is 18.4. The molecule has 0 aliphatic carbocycles. The number of halogens is 1. The van der Waals surface area contributed by atoms with E-state index in [2.05, 4.69) is 49.0 Å². The maximum Gasteiger partial charge on any atom is 0.193 e. The van der Waals surface area contributed by atoms with Crippen LogP contribution in [0.25, 0.3) is 0 Å². The van der Waals surface area contributed by atoms with Crippen molar-refractivity contribution in [2.45, 2.75) is 32.2 Å². The lowest BCUT2D eigenvalue weighted by molar-refractivity contribution is 0.163. The van der Waals surface area contributed by atoms with Gasteiger partial charge in [-0.05, 0) is 38.4 Å². The molecule has 2 aliphatic heterocycles. The standard InChI is InChI=1S/C19H32N6.HI/c1-17-7-4-6-11-23(17)12-10-22-19(20-2)25-15-13-24(14-16-25)18-8-3-5-9-21-18;/h3,5,8-9,17H,4,6-7,10-16H2,1-2H3,(H,20,22);1H. The monoisotopic (exact) mass is 472 g/mol. The number of nitrogens with zero attached hydrogens (tertiary/aromatic N) is 5. The van der Waals surface area contributed by atoms with Gasteiger partial charge in [-0.25, -0.2) is 4.98 Å². The second-order valence-electron chi connectivity index (χ2n) is 7.02. The Balaban J connectivity index is 0.00000243. The molecule has 6 nitrogen and oxygen atoms in total. The zero-order valence-electron chi connectivity index (χ0n) is 16.1. The Hall–Kier alpha value is -1.09. The van der Waals surface area contributed by atoms with Crippen LogP contribution < -0.4 is 10.2 Å². The highest BCUT2D eigenvalue weighted by Crippen LogP contribution is 2.15. The smallest absolute Gasteiger partial charge is 0.193 e. The second-order valence-corrected chi connectivity index (χ2v) is 7.02. The first-order valence-electron chi connectivity index (χ1n) is 9.63. The summed E-state index contributed by atoms with van der Waals surface area (Å²) in [6.07, 6.45) is 5.93. The summed E-state index contributed by atoms with van der Waals surface area (Å²) in [4.78, 5) is 16.3. The van der Waals surface area contributed by atoms with Gasteiger partial charge in [-0.15, -0.1) is 24.0 Å². The highest BCUT2D eigenvalue weighted by molar-refractivity contribution is 14.0. The summed E-state index contributed by atoms with van der Waals surface area (Å²) in [6.45, 7) is 9.61. The molecule has 2 fully saturated rings. The molecule has 0 aromatic carbocycles. The minimum Gasteiger partial charge on any atom is -0.355 e. The number of rotatable bonds is 4. The van der Waals surface area contributed by atoms with Crippen LogP contribution in [0, 0.1) is 0 Å². The van der Waals surface area contributed by atoms with Gasteiger partial charge < -0.3 is 15.1 Å². The molecule has 1 atom stereocenters. The molecule has 0 spiro atoms. The summed E-state index contributed by atoms with van der Waals surface area (Å²) < 4.78 is 0. The molecule has 0 radical (unpaired) electrons. The van der Waals surface area contributed by atoms with E-state index in [-0.39, 0.29) is 24.0 Å². The summed E-state index contributed by atoms with van der Waals surface area (Å²) >= 11 is 0. The van der Waals surface area contributed by atoms with Gasteiger partial charge in [-0.3, -0.25) is 9.89 Å². The first-order chi connectivity index (χ1) is 12.3. The Morgan fingerprint density at radius 1 is 1.19 bits per heavy atom. The number of hydrogen-bond acceptors (Lipinski definition) is 4. The molecule has 2 aliphatic rings. The molecule has 7 heteroatoms. The molecule has 1 aromatic heterocycles. The number of guanidine groups is 1. The van der Waals surface area contributed by atoms with Crippen LogP contribution in [0.1, 0.15) is 26.2 Å². The van der Waals surface area contributed by atoms with Gasteiger partial charge in [0.25, 0.3) is 0 Å². The molecule has 0 amide bonds. The molecular formula is C19H33IN6. The maximum absolute atomic E-state index is 4.49. The van der Waals surface area contributed by atoms with Gasteiger partial charge in [0.1, 0.15) is 5.82 Å². The van der Waals surface area contributed by atoms with Crippen molar-refractivity contribution in [3.63, 3.8) is 0 Å². The number of hydrogen-bond donors (Lipinski definition) is 1. The van der Waals surface area contributed by atoms with Crippen molar-refractivity contribution in [1.82, 2.24) is 20.1 Å². The van der Waals surface area contributed by atoms with E-state index in [4.69, 9.17) is 0 Å². The van der Waals surface area contributed by atoms with Crippen LogP contribution in [0.2, 0.25) is 0 Å². The quantitative estimate of drug-likeness (QED) is 0.414. The summed E-state index contributed by atoms with van der Waals surface area (Å²) in [5.41, 5.74) is 0. The highest BCUT2D eigenvalue weighted by atomic mass is 127. The minimum atomic E-state index is 0. The Labute approximate surface area is 175 Å². The lowest BCUT2D eigenvalue weighted by Crippen LogP contribution is -2.53. The van der Waals surface area contributed by atoms with Crippen molar-refractivity contribution in [2.24, 2.45) is 4.99 Å². The van der Waals surface area contributed by atoms with Gasteiger partial charge in [-0.1, -0.05) is 12.5 Å². The largest absolute Gasteiger partial charge is 0.355 e. The normalized spacial score (nSPS) is 22.1. The molecule has 2 saturated heterocycles. The average molecular weight is 472 g/mol. The van der Waals surface area contributed by atoms with E-state index in [1.54, 1.807) is 0 Å². The number of likely N-dealkylation sites (tertiary alicyclic amines) is 1. The van der Waals surface area contributed by atoms with Crippen molar-refractivity contribution in [1.29, 1.82) is 0 Å². The highest BCUT2D eigenvalue weighted by Gasteiger charge is 2.21. The van der Waals surface area contributed by atoms with Gasteiger partial charge in [0.05, 0.1) is 0 Å². The SMILES string of the molecule is CN=C(NCCN1CCCCC1C)N1CCN(c2ccccn2)CC1.I. The van der Waals surface area contributed by atoms with Crippen molar-refractivity contribution in [3.05, 3.63) is 24.4 Å². The fraction of sp³-hybridized carbons (Fsp3) is 0.684. The fourth-order valence-corrected chi connectivity index (χ4v) is 3.82. The fourth-order valence-electron chi connectivity index (χ4n) is 3.82. The molecule has 3 heterocycles. The van der Waals surface area contributed by atoms with Gasteiger partial charge in [-0.2, -0.15) is 0 Å². The van der Waals surface area contributed by atoms with Crippen LogP contribution in [-0.4, -0.2) is 79.6 Å². The zero-order chi connectivity index (χ0) is 17.5. The Kier molecular flexibility index (Phi) is 8.90. The number of piperidine rings is 1. The maximum atomic E-state index is 4.49. The van der Waals surface area contributed by atoms with Gasteiger partial charge in [0.2, 0.25) is 0 Å². The third kappa shape index (κ3) is 5.70. The first kappa shape index (κ1) is 21.2. The molecule has 26 heavy (non-hydrogen) atoms. The Morgan fingerprint density at radius 2 is 2.00 bits per heavy atom. The van der Waals surface area contributed by atoms with Crippen molar-refractivity contribution in [3.8, 4) is 0 Å². The summed E-state index contributed by atoms with van der Waals surface area (Å²) in [7, 11) is 1.89. The van der Waals surface area contributed by atoms with E-state index in [0.29, 0.717) is 0 Å². The number of aliphatic imine (C=N–C) groups is 1. The third-order valence-corrected chi connectivity index (χ3v) is 5.39. The number of pyridine rings is 1. The summed E-state index contributed by atoms with van der Waals surface area (Å²) in [5, 5.41) is 3.56. The van der Waals surface area contributed by atoms with Gasteiger partial charge in [0, 0.05) is 58.6 Å². The molecule has 0 bridgehead atoms. The van der Waals surface area contributed by atoms with Crippen LogP contribution in [0.15, 0.2) is 29.4 Å². The van der Waals surface area contributed by atoms with Gasteiger partial charge >= 0.3 is 0 Å². The van der Waals surface area contributed by atoms with Crippen LogP contribution in [0.3, 0.4) is 0 Å². The van der Waals surface area contributed by atoms with E-state index < -0.39 is 0 Å². The van der Waals surface area contributed by atoms with Crippen LogP contribution >= 0.6 is 24.0 Å². The lowest BCUT2D eigenvalue weighted by atomic mass is 10.0. The molecule has 1 unspecified atom stereocenters. The predicted octanol–water partition coefficient (Wildman–Crippen LogP) is 2.27. The number of aromatic nitrogens is 1. The topological polar surface area (TPSA) is 47.0 Å². The molecule has 1 N–H and O–H groups in total. The average Bonchev–Trinajstić information content (AvgIpc) is 2.67. The number of anilines is 1. The van der Waals surface area contributed by atoms with Crippen LogP contribution in [0.5, 0.6) is 0 Å². The van der Waals surface area contributed by atoms with Crippen LogP contribution in [0.4, 0.5) is 5.82 Å². The van der Waals surface area contributed by atoms with Gasteiger partial charge in [0.15, 0.2) is 5.96 Å².